The second kappa shape index (κ2) is 8.24. The van der Waals surface area contributed by atoms with Gasteiger partial charge in [-0.05, 0) is 49.9 Å². The number of piperidine rings is 1. The Labute approximate surface area is 159 Å². The smallest absolute Gasteiger partial charge is 0.260 e. The molecule has 1 saturated heterocycles. The van der Waals surface area contributed by atoms with Gasteiger partial charge in [0.1, 0.15) is 18.1 Å². The summed E-state index contributed by atoms with van der Waals surface area (Å²) in [6.45, 7) is 5.56. The van der Waals surface area contributed by atoms with Gasteiger partial charge >= 0.3 is 0 Å². The Morgan fingerprint density at radius 1 is 1.22 bits per heavy atom. The molecule has 0 atom stereocenters. The molecule has 0 bridgehead atoms. The molecule has 2 heterocycles. The van der Waals surface area contributed by atoms with Gasteiger partial charge in [0.2, 0.25) is 5.91 Å². The highest BCUT2D eigenvalue weighted by atomic mass is 16.5. The molecule has 144 valence electrons. The standard InChI is InChI=1S/C20H26N4O3/c1-14-3-4-17(11-15(14)2)27-13-19(26)23-8-5-16(6-9-23)20-22-7-10-24(20)12-18(21)25/h3-4,7,10-11,16H,5-6,8-9,12-13H2,1-2H3,(H2,21,25). The van der Waals surface area contributed by atoms with Gasteiger partial charge in [-0.25, -0.2) is 4.98 Å². The first-order valence-electron chi connectivity index (χ1n) is 9.21. The van der Waals surface area contributed by atoms with E-state index in [2.05, 4.69) is 4.98 Å². The fourth-order valence-corrected chi connectivity index (χ4v) is 3.41. The van der Waals surface area contributed by atoms with Crippen LogP contribution in [0.5, 0.6) is 5.75 Å². The first-order chi connectivity index (χ1) is 12.9. The third-order valence-electron chi connectivity index (χ3n) is 5.13. The van der Waals surface area contributed by atoms with Crippen molar-refractivity contribution in [1.29, 1.82) is 0 Å². The summed E-state index contributed by atoms with van der Waals surface area (Å²) in [4.78, 5) is 29.8. The van der Waals surface area contributed by atoms with Crippen molar-refractivity contribution in [2.24, 2.45) is 5.73 Å². The topological polar surface area (TPSA) is 90.4 Å². The second-order valence-corrected chi connectivity index (χ2v) is 7.07. The van der Waals surface area contributed by atoms with Gasteiger partial charge in [-0.3, -0.25) is 9.59 Å². The van der Waals surface area contributed by atoms with Crippen LogP contribution >= 0.6 is 0 Å². The number of hydrogen-bond acceptors (Lipinski definition) is 4. The van der Waals surface area contributed by atoms with Crippen LogP contribution in [0.15, 0.2) is 30.6 Å². The number of benzene rings is 1. The van der Waals surface area contributed by atoms with E-state index in [1.54, 1.807) is 17.0 Å². The van der Waals surface area contributed by atoms with E-state index in [0.717, 1.165) is 30.0 Å². The average molecular weight is 370 g/mol. The molecule has 0 unspecified atom stereocenters. The number of imidazole rings is 1. The molecule has 7 nitrogen and oxygen atoms in total. The predicted octanol–water partition coefficient (Wildman–Crippen LogP) is 1.77. The van der Waals surface area contributed by atoms with E-state index in [9.17, 15) is 9.59 Å². The largest absolute Gasteiger partial charge is 0.484 e. The molecule has 3 rings (SSSR count). The van der Waals surface area contributed by atoms with Crippen LogP contribution in [0.2, 0.25) is 0 Å². The molecule has 0 spiro atoms. The third kappa shape index (κ3) is 4.67. The van der Waals surface area contributed by atoms with E-state index in [1.807, 2.05) is 36.9 Å². The number of amides is 2. The fourth-order valence-electron chi connectivity index (χ4n) is 3.41. The van der Waals surface area contributed by atoms with E-state index in [-0.39, 0.29) is 30.9 Å². The maximum Gasteiger partial charge on any atom is 0.260 e. The zero-order chi connectivity index (χ0) is 19.4. The van der Waals surface area contributed by atoms with Crippen LogP contribution in [0.25, 0.3) is 0 Å². The van der Waals surface area contributed by atoms with Crippen molar-refractivity contribution < 1.29 is 14.3 Å². The second-order valence-electron chi connectivity index (χ2n) is 7.07. The molecule has 0 saturated carbocycles. The van der Waals surface area contributed by atoms with Crippen LogP contribution in [-0.2, 0) is 16.1 Å². The minimum atomic E-state index is -0.384. The number of aryl methyl sites for hydroxylation is 2. The number of ether oxygens (including phenoxy) is 1. The summed E-state index contributed by atoms with van der Waals surface area (Å²) in [5.74, 6) is 1.42. The normalized spacial score (nSPS) is 15.0. The van der Waals surface area contributed by atoms with Gasteiger partial charge in [-0.15, -0.1) is 0 Å². The van der Waals surface area contributed by atoms with E-state index in [1.165, 1.54) is 5.56 Å². The SMILES string of the molecule is Cc1ccc(OCC(=O)N2CCC(c3nccn3CC(N)=O)CC2)cc1C. The summed E-state index contributed by atoms with van der Waals surface area (Å²) < 4.78 is 7.46. The van der Waals surface area contributed by atoms with Gasteiger partial charge in [0.05, 0.1) is 0 Å². The molecular weight excluding hydrogens is 344 g/mol. The van der Waals surface area contributed by atoms with Crippen molar-refractivity contribution in [2.45, 2.75) is 39.2 Å². The number of hydrogen-bond donors (Lipinski definition) is 1. The molecule has 1 aromatic heterocycles. The van der Waals surface area contributed by atoms with Gasteiger partial charge in [0, 0.05) is 31.4 Å². The molecular formula is C20H26N4O3. The van der Waals surface area contributed by atoms with Gasteiger partial charge in [-0.1, -0.05) is 6.07 Å². The minimum absolute atomic E-state index is 0.00726. The summed E-state index contributed by atoms with van der Waals surface area (Å²) in [6, 6.07) is 5.84. The summed E-state index contributed by atoms with van der Waals surface area (Å²) in [6.07, 6.45) is 5.08. The average Bonchev–Trinajstić information content (AvgIpc) is 3.10. The van der Waals surface area contributed by atoms with Crippen molar-refractivity contribution >= 4 is 11.8 Å². The van der Waals surface area contributed by atoms with Crippen LogP contribution in [0.1, 0.15) is 35.7 Å². The number of nitrogens with two attached hydrogens (primary N) is 1. The van der Waals surface area contributed by atoms with Crippen LogP contribution in [0.3, 0.4) is 0 Å². The lowest BCUT2D eigenvalue weighted by molar-refractivity contribution is -0.134. The third-order valence-corrected chi connectivity index (χ3v) is 5.13. The van der Waals surface area contributed by atoms with E-state index in [4.69, 9.17) is 10.5 Å². The number of rotatable bonds is 6. The van der Waals surface area contributed by atoms with Crippen LogP contribution < -0.4 is 10.5 Å². The number of nitrogens with zero attached hydrogens (tertiary/aromatic N) is 3. The van der Waals surface area contributed by atoms with Crippen molar-refractivity contribution in [3.8, 4) is 5.75 Å². The predicted molar refractivity (Wildman–Crippen MR) is 101 cm³/mol. The van der Waals surface area contributed by atoms with Crippen molar-refractivity contribution in [3.05, 3.63) is 47.5 Å². The Balaban J connectivity index is 1.51. The highest BCUT2D eigenvalue weighted by Crippen LogP contribution is 2.27. The summed E-state index contributed by atoms with van der Waals surface area (Å²) in [5.41, 5.74) is 7.63. The van der Waals surface area contributed by atoms with Crippen molar-refractivity contribution in [2.75, 3.05) is 19.7 Å². The van der Waals surface area contributed by atoms with Gasteiger partial charge < -0.3 is 19.9 Å². The van der Waals surface area contributed by atoms with Crippen molar-refractivity contribution in [3.63, 3.8) is 0 Å². The lowest BCUT2D eigenvalue weighted by atomic mass is 9.96. The van der Waals surface area contributed by atoms with Crippen LogP contribution in [0.4, 0.5) is 0 Å². The minimum Gasteiger partial charge on any atom is -0.484 e. The quantitative estimate of drug-likeness (QED) is 0.839. The fraction of sp³-hybridized carbons (Fsp3) is 0.450. The van der Waals surface area contributed by atoms with Crippen LogP contribution in [-0.4, -0.2) is 46.0 Å². The Bertz CT molecular complexity index is 822. The maximum atomic E-state index is 12.4. The van der Waals surface area contributed by atoms with E-state index >= 15 is 0 Å². The number of carbonyl (C=O) groups is 2. The number of likely N-dealkylation sites (tertiary alicyclic amines) is 1. The van der Waals surface area contributed by atoms with Gasteiger partial charge in [-0.2, -0.15) is 0 Å². The molecule has 0 radical (unpaired) electrons. The highest BCUT2D eigenvalue weighted by molar-refractivity contribution is 5.78. The van der Waals surface area contributed by atoms with Gasteiger partial charge in [0.25, 0.3) is 5.91 Å². The van der Waals surface area contributed by atoms with Crippen LogP contribution in [0, 0.1) is 13.8 Å². The van der Waals surface area contributed by atoms with Gasteiger partial charge in [0.15, 0.2) is 6.61 Å². The Morgan fingerprint density at radius 2 is 1.96 bits per heavy atom. The molecule has 1 aromatic carbocycles. The molecule has 7 heteroatoms. The number of carbonyl (C=O) groups excluding carboxylic acids is 2. The van der Waals surface area contributed by atoms with E-state index in [0.29, 0.717) is 13.1 Å². The molecule has 1 aliphatic rings. The first kappa shape index (κ1) is 18.9. The first-order valence-corrected chi connectivity index (χ1v) is 9.21. The molecule has 2 aromatic rings. The Morgan fingerprint density at radius 3 is 2.63 bits per heavy atom. The molecule has 1 fully saturated rings. The summed E-state index contributed by atoms with van der Waals surface area (Å²) >= 11 is 0. The Hall–Kier alpha value is -2.83. The molecule has 1 aliphatic heterocycles. The summed E-state index contributed by atoms with van der Waals surface area (Å²) in [7, 11) is 0. The molecule has 0 aliphatic carbocycles. The highest BCUT2D eigenvalue weighted by Gasteiger charge is 2.26. The number of aromatic nitrogens is 2. The zero-order valence-electron chi connectivity index (χ0n) is 15.9. The van der Waals surface area contributed by atoms with Crippen molar-refractivity contribution in [1.82, 2.24) is 14.5 Å². The molecule has 27 heavy (non-hydrogen) atoms. The number of primary amides is 1. The maximum absolute atomic E-state index is 12.4. The summed E-state index contributed by atoms with van der Waals surface area (Å²) in [5, 5.41) is 0. The lowest BCUT2D eigenvalue weighted by Gasteiger charge is -2.31. The van der Waals surface area contributed by atoms with E-state index < -0.39 is 0 Å². The Kier molecular flexibility index (Phi) is 5.78. The zero-order valence-corrected chi connectivity index (χ0v) is 15.9. The molecule has 2 N–H and O–H groups in total. The molecule has 2 amide bonds. The monoisotopic (exact) mass is 370 g/mol. The lowest BCUT2D eigenvalue weighted by Crippen LogP contribution is -2.41.